The van der Waals surface area contributed by atoms with Crippen LogP contribution in [-0.2, 0) is 11.2 Å². The van der Waals surface area contributed by atoms with E-state index in [1.54, 1.807) is 0 Å². The van der Waals surface area contributed by atoms with Crippen molar-refractivity contribution in [1.29, 1.82) is 0 Å². The molecule has 98 valence electrons. The molecule has 4 heteroatoms. The van der Waals surface area contributed by atoms with E-state index in [9.17, 15) is 13.6 Å². The van der Waals surface area contributed by atoms with Crippen molar-refractivity contribution >= 4 is 5.91 Å². The van der Waals surface area contributed by atoms with Gasteiger partial charge in [-0.15, -0.1) is 0 Å². The first-order chi connectivity index (χ1) is 8.65. The minimum Gasteiger partial charge on any atom is -0.356 e. The zero-order chi connectivity index (χ0) is 13.0. The molecule has 1 saturated carbocycles. The van der Waals surface area contributed by atoms with Crippen LogP contribution in [0.3, 0.4) is 0 Å². The summed E-state index contributed by atoms with van der Waals surface area (Å²) < 4.78 is 25.9. The smallest absolute Gasteiger partial charge is 0.223 e. The molecule has 1 aromatic rings. The Morgan fingerprint density at radius 1 is 1.17 bits per heavy atom. The van der Waals surface area contributed by atoms with Crippen LogP contribution < -0.4 is 5.32 Å². The van der Waals surface area contributed by atoms with Gasteiger partial charge < -0.3 is 5.32 Å². The van der Waals surface area contributed by atoms with E-state index in [-0.39, 0.29) is 11.8 Å². The van der Waals surface area contributed by atoms with Crippen molar-refractivity contribution in [2.75, 3.05) is 6.54 Å². The lowest BCUT2D eigenvalue weighted by atomic mass is 10.1. The lowest BCUT2D eigenvalue weighted by Crippen LogP contribution is -2.30. The molecule has 0 bridgehead atoms. The molecule has 1 fully saturated rings. The zero-order valence-corrected chi connectivity index (χ0v) is 10.2. The predicted molar refractivity (Wildman–Crippen MR) is 65.0 cm³/mol. The third kappa shape index (κ3) is 3.52. The molecule has 1 N–H and O–H groups in total. The summed E-state index contributed by atoms with van der Waals surface area (Å²) in [5.41, 5.74) is 0.569. The number of halogens is 2. The van der Waals surface area contributed by atoms with Gasteiger partial charge >= 0.3 is 0 Å². The molecule has 0 heterocycles. The summed E-state index contributed by atoms with van der Waals surface area (Å²) in [4.78, 5) is 11.7. The minimum absolute atomic E-state index is 0.0735. The average Bonchev–Trinajstić information content (AvgIpc) is 2.80. The molecule has 2 nitrogen and oxygen atoms in total. The van der Waals surface area contributed by atoms with Gasteiger partial charge in [-0.3, -0.25) is 4.79 Å². The van der Waals surface area contributed by atoms with Crippen molar-refractivity contribution in [3.63, 3.8) is 0 Å². The standard InChI is InChI=1S/C14H17F2NO/c15-12-7-10(8-13(16)9-12)5-6-17-14(18)11-3-1-2-4-11/h7-9,11H,1-6H2,(H,17,18). The first kappa shape index (κ1) is 13.0. The van der Waals surface area contributed by atoms with Crippen molar-refractivity contribution in [3.8, 4) is 0 Å². The summed E-state index contributed by atoms with van der Waals surface area (Å²) in [6, 6.07) is 3.44. The number of hydrogen-bond donors (Lipinski definition) is 1. The first-order valence-electron chi connectivity index (χ1n) is 6.38. The van der Waals surface area contributed by atoms with Crippen LogP contribution in [0.5, 0.6) is 0 Å². The SMILES string of the molecule is O=C(NCCc1cc(F)cc(F)c1)C1CCCC1. The number of benzene rings is 1. The summed E-state index contributed by atoms with van der Waals surface area (Å²) in [5.74, 6) is -0.946. The Morgan fingerprint density at radius 2 is 1.78 bits per heavy atom. The maximum Gasteiger partial charge on any atom is 0.223 e. The van der Waals surface area contributed by atoms with Crippen LogP contribution in [0.4, 0.5) is 8.78 Å². The van der Waals surface area contributed by atoms with Gasteiger partial charge in [0.15, 0.2) is 0 Å². The number of rotatable bonds is 4. The Kier molecular flexibility index (Phi) is 4.28. The summed E-state index contributed by atoms with van der Waals surface area (Å²) >= 11 is 0. The van der Waals surface area contributed by atoms with Crippen molar-refractivity contribution in [2.45, 2.75) is 32.1 Å². The highest BCUT2D eigenvalue weighted by atomic mass is 19.1. The highest BCUT2D eigenvalue weighted by molar-refractivity contribution is 5.78. The Hall–Kier alpha value is -1.45. The quantitative estimate of drug-likeness (QED) is 0.878. The molecule has 1 amide bonds. The van der Waals surface area contributed by atoms with Gasteiger partial charge in [-0.1, -0.05) is 12.8 Å². The molecular weight excluding hydrogens is 236 g/mol. The van der Waals surface area contributed by atoms with E-state index < -0.39 is 11.6 Å². The third-order valence-electron chi connectivity index (χ3n) is 3.36. The molecule has 0 aliphatic heterocycles. The lowest BCUT2D eigenvalue weighted by Gasteiger charge is -2.10. The van der Waals surface area contributed by atoms with E-state index >= 15 is 0 Å². The van der Waals surface area contributed by atoms with E-state index in [2.05, 4.69) is 5.32 Å². The zero-order valence-electron chi connectivity index (χ0n) is 10.2. The summed E-state index contributed by atoms with van der Waals surface area (Å²) in [6.07, 6.45) is 4.61. The maximum atomic E-state index is 12.9. The molecule has 1 aromatic carbocycles. The number of amides is 1. The second kappa shape index (κ2) is 5.94. The number of carbonyl (C=O) groups is 1. The number of hydrogen-bond acceptors (Lipinski definition) is 1. The summed E-state index contributed by atoms with van der Waals surface area (Å²) in [7, 11) is 0. The maximum absolute atomic E-state index is 12.9. The van der Waals surface area contributed by atoms with Gasteiger partial charge in [-0.2, -0.15) is 0 Å². The van der Waals surface area contributed by atoms with Crippen molar-refractivity contribution < 1.29 is 13.6 Å². The van der Waals surface area contributed by atoms with Crippen LogP contribution in [0, 0.1) is 17.6 Å². The molecule has 0 radical (unpaired) electrons. The van der Waals surface area contributed by atoms with E-state index in [4.69, 9.17) is 0 Å². The molecule has 1 aliphatic carbocycles. The monoisotopic (exact) mass is 253 g/mol. The van der Waals surface area contributed by atoms with E-state index in [1.807, 2.05) is 0 Å². The normalized spacial score (nSPS) is 15.9. The van der Waals surface area contributed by atoms with Crippen molar-refractivity contribution in [2.24, 2.45) is 5.92 Å². The fourth-order valence-corrected chi connectivity index (χ4v) is 2.42. The van der Waals surface area contributed by atoms with Crippen LogP contribution in [0.2, 0.25) is 0 Å². The average molecular weight is 253 g/mol. The Balaban J connectivity index is 1.79. The molecule has 0 atom stereocenters. The second-order valence-electron chi connectivity index (χ2n) is 4.80. The Morgan fingerprint density at radius 3 is 2.39 bits per heavy atom. The van der Waals surface area contributed by atoms with Crippen molar-refractivity contribution in [1.82, 2.24) is 5.32 Å². The van der Waals surface area contributed by atoms with Gasteiger partial charge in [0.25, 0.3) is 0 Å². The summed E-state index contributed by atoms with van der Waals surface area (Å²) in [6.45, 7) is 0.429. The Bertz CT molecular complexity index is 408. The van der Waals surface area contributed by atoms with E-state index in [0.29, 0.717) is 18.5 Å². The van der Waals surface area contributed by atoms with Gasteiger partial charge in [0.1, 0.15) is 11.6 Å². The third-order valence-corrected chi connectivity index (χ3v) is 3.36. The molecule has 0 saturated heterocycles. The van der Waals surface area contributed by atoms with Crippen LogP contribution in [0.1, 0.15) is 31.2 Å². The second-order valence-corrected chi connectivity index (χ2v) is 4.80. The molecule has 1 aliphatic rings. The fraction of sp³-hybridized carbons (Fsp3) is 0.500. The van der Waals surface area contributed by atoms with Gasteiger partial charge in [-0.25, -0.2) is 8.78 Å². The Labute approximate surface area is 105 Å². The lowest BCUT2D eigenvalue weighted by molar-refractivity contribution is -0.124. The highest BCUT2D eigenvalue weighted by Crippen LogP contribution is 2.24. The number of carbonyl (C=O) groups excluding carboxylic acids is 1. The minimum atomic E-state index is -0.577. The van der Waals surface area contributed by atoms with Gasteiger partial charge in [0.05, 0.1) is 0 Å². The molecule has 18 heavy (non-hydrogen) atoms. The topological polar surface area (TPSA) is 29.1 Å². The van der Waals surface area contributed by atoms with Gasteiger partial charge in [0.2, 0.25) is 5.91 Å². The van der Waals surface area contributed by atoms with Crippen LogP contribution >= 0.6 is 0 Å². The molecular formula is C14H17F2NO. The summed E-state index contributed by atoms with van der Waals surface area (Å²) in [5, 5.41) is 2.83. The molecule has 0 aromatic heterocycles. The van der Waals surface area contributed by atoms with Crippen LogP contribution in [0.15, 0.2) is 18.2 Å². The molecule has 0 spiro atoms. The largest absolute Gasteiger partial charge is 0.356 e. The predicted octanol–water partition coefficient (Wildman–Crippen LogP) is 2.81. The first-order valence-corrected chi connectivity index (χ1v) is 6.38. The highest BCUT2D eigenvalue weighted by Gasteiger charge is 2.21. The van der Waals surface area contributed by atoms with Crippen LogP contribution in [-0.4, -0.2) is 12.5 Å². The van der Waals surface area contributed by atoms with E-state index in [1.165, 1.54) is 12.1 Å². The van der Waals surface area contributed by atoms with Crippen LogP contribution in [0.25, 0.3) is 0 Å². The van der Waals surface area contributed by atoms with Crippen molar-refractivity contribution in [3.05, 3.63) is 35.4 Å². The number of nitrogens with one attached hydrogen (secondary N) is 1. The van der Waals surface area contributed by atoms with Gasteiger partial charge in [-0.05, 0) is 37.0 Å². The van der Waals surface area contributed by atoms with E-state index in [0.717, 1.165) is 31.7 Å². The fourth-order valence-electron chi connectivity index (χ4n) is 2.42. The molecule has 2 rings (SSSR count). The van der Waals surface area contributed by atoms with Gasteiger partial charge in [0, 0.05) is 18.5 Å². The molecule has 0 unspecified atom stereocenters.